The van der Waals surface area contributed by atoms with E-state index in [1.807, 2.05) is 6.92 Å². The number of ether oxygens (including phenoxy) is 1. The van der Waals surface area contributed by atoms with Gasteiger partial charge in [0.25, 0.3) is 5.91 Å². The monoisotopic (exact) mass is 236 g/mol. The number of aromatic hydroxyl groups is 1. The number of aryl methyl sites for hydroxylation is 1. The predicted molar refractivity (Wildman–Crippen MR) is 61.9 cm³/mol. The lowest BCUT2D eigenvalue weighted by Gasteiger charge is -2.11. The van der Waals surface area contributed by atoms with Crippen molar-refractivity contribution >= 4 is 5.91 Å². The van der Waals surface area contributed by atoms with Crippen LogP contribution >= 0.6 is 0 Å². The van der Waals surface area contributed by atoms with Crippen LogP contribution in [0.5, 0.6) is 5.75 Å². The summed E-state index contributed by atoms with van der Waals surface area (Å²) in [6.45, 7) is 4.21. The lowest BCUT2D eigenvalue weighted by Crippen LogP contribution is -2.35. The minimum absolute atomic E-state index is 0.000729. The maximum absolute atomic E-state index is 11.9. The number of nitrogens with zero attached hydrogens (tertiary/aromatic N) is 1. The summed E-state index contributed by atoms with van der Waals surface area (Å²) in [4.78, 5) is 15.8. The molecular weight excluding hydrogens is 220 g/mol. The zero-order valence-electron chi connectivity index (χ0n) is 9.93. The molecule has 1 fully saturated rings. The maximum atomic E-state index is 11.9. The van der Waals surface area contributed by atoms with Crippen molar-refractivity contribution in [2.45, 2.75) is 32.4 Å². The lowest BCUT2D eigenvalue weighted by molar-refractivity contribution is 0.0911. The molecule has 1 aliphatic heterocycles. The predicted octanol–water partition coefficient (Wildman–Crippen LogP) is 1.00. The number of rotatable bonds is 2. The van der Waals surface area contributed by atoms with Crippen LogP contribution in [0.3, 0.4) is 0 Å². The molecule has 1 aromatic rings. The molecule has 0 aromatic carbocycles. The highest BCUT2D eigenvalue weighted by atomic mass is 16.5. The fraction of sp³-hybridized carbons (Fsp3) is 0.500. The molecular formula is C12H16N2O3. The molecule has 1 aromatic heterocycles. The van der Waals surface area contributed by atoms with Crippen molar-refractivity contribution in [3.63, 3.8) is 0 Å². The van der Waals surface area contributed by atoms with Gasteiger partial charge in [0.05, 0.1) is 18.8 Å². The van der Waals surface area contributed by atoms with Crippen molar-refractivity contribution in [3.05, 3.63) is 23.5 Å². The Morgan fingerprint density at radius 3 is 3.06 bits per heavy atom. The Hall–Kier alpha value is -1.62. The molecule has 5 nitrogen and oxygen atoms in total. The second-order valence-corrected chi connectivity index (χ2v) is 4.38. The van der Waals surface area contributed by atoms with Gasteiger partial charge >= 0.3 is 0 Å². The molecule has 2 N–H and O–H groups in total. The number of carbonyl (C=O) groups excluding carboxylic acids is 1. The number of amides is 1. The first-order chi connectivity index (χ1) is 8.08. The van der Waals surface area contributed by atoms with E-state index in [4.69, 9.17) is 4.74 Å². The topological polar surface area (TPSA) is 71.5 Å². The Kier molecular flexibility index (Phi) is 3.28. The van der Waals surface area contributed by atoms with Gasteiger partial charge in [-0.15, -0.1) is 0 Å². The molecule has 5 heteroatoms. The second kappa shape index (κ2) is 4.71. The molecule has 0 bridgehead atoms. The van der Waals surface area contributed by atoms with Gasteiger partial charge in [0, 0.05) is 6.20 Å². The molecule has 0 spiro atoms. The van der Waals surface area contributed by atoms with E-state index >= 15 is 0 Å². The van der Waals surface area contributed by atoms with Crippen LogP contribution in [0.25, 0.3) is 0 Å². The number of carbonyl (C=O) groups is 1. The van der Waals surface area contributed by atoms with E-state index in [2.05, 4.69) is 10.3 Å². The van der Waals surface area contributed by atoms with E-state index in [9.17, 15) is 9.90 Å². The van der Waals surface area contributed by atoms with Gasteiger partial charge in [0.2, 0.25) is 0 Å². The third-order valence-corrected chi connectivity index (χ3v) is 2.87. The molecule has 2 rings (SSSR count). The van der Waals surface area contributed by atoms with Gasteiger partial charge in [-0.05, 0) is 31.9 Å². The first-order valence-corrected chi connectivity index (χ1v) is 5.65. The molecule has 0 saturated carbocycles. The lowest BCUT2D eigenvalue weighted by atomic mass is 10.1. The zero-order chi connectivity index (χ0) is 12.4. The Labute approximate surface area is 99.8 Å². The Morgan fingerprint density at radius 1 is 1.65 bits per heavy atom. The van der Waals surface area contributed by atoms with Gasteiger partial charge < -0.3 is 15.2 Å². The molecule has 0 radical (unpaired) electrons. The summed E-state index contributed by atoms with van der Waals surface area (Å²) < 4.78 is 5.36. The third-order valence-electron chi connectivity index (χ3n) is 2.87. The van der Waals surface area contributed by atoms with E-state index in [0.717, 1.165) is 6.42 Å². The highest BCUT2D eigenvalue weighted by molar-refractivity contribution is 5.95. The SMILES string of the molecule is Cc1ccnc(C(=O)NC2COC(C)C2)c1O. The molecule has 0 aliphatic carbocycles. The van der Waals surface area contributed by atoms with Crippen LogP contribution in [0.4, 0.5) is 0 Å². The molecule has 2 unspecified atom stereocenters. The van der Waals surface area contributed by atoms with E-state index in [1.165, 1.54) is 6.20 Å². The molecule has 2 atom stereocenters. The molecule has 1 amide bonds. The first kappa shape index (κ1) is 11.9. The van der Waals surface area contributed by atoms with E-state index in [-0.39, 0.29) is 29.5 Å². The van der Waals surface area contributed by atoms with Gasteiger partial charge in [-0.3, -0.25) is 4.79 Å². The maximum Gasteiger partial charge on any atom is 0.274 e. The molecule has 1 saturated heterocycles. The third kappa shape index (κ3) is 2.55. The number of hydrogen-bond acceptors (Lipinski definition) is 4. The minimum Gasteiger partial charge on any atom is -0.505 e. The average molecular weight is 236 g/mol. The second-order valence-electron chi connectivity index (χ2n) is 4.38. The number of nitrogens with one attached hydrogen (secondary N) is 1. The zero-order valence-corrected chi connectivity index (χ0v) is 9.93. The first-order valence-electron chi connectivity index (χ1n) is 5.65. The number of pyridine rings is 1. The average Bonchev–Trinajstić information content (AvgIpc) is 2.68. The van der Waals surface area contributed by atoms with Crippen molar-refractivity contribution in [3.8, 4) is 5.75 Å². The highest BCUT2D eigenvalue weighted by Crippen LogP contribution is 2.19. The summed E-state index contributed by atoms with van der Waals surface area (Å²) in [5, 5.41) is 12.5. The van der Waals surface area contributed by atoms with Crippen LogP contribution in [0, 0.1) is 6.92 Å². The van der Waals surface area contributed by atoms with Gasteiger partial charge in [0.15, 0.2) is 5.69 Å². The van der Waals surface area contributed by atoms with Crippen molar-refractivity contribution in [2.24, 2.45) is 0 Å². The summed E-state index contributed by atoms with van der Waals surface area (Å²) >= 11 is 0. The van der Waals surface area contributed by atoms with Crippen LogP contribution in [0.1, 0.15) is 29.4 Å². The number of aromatic nitrogens is 1. The van der Waals surface area contributed by atoms with Crippen LogP contribution in [-0.4, -0.2) is 34.8 Å². The summed E-state index contributed by atoms with van der Waals surface area (Å²) in [5.74, 6) is -0.411. The van der Waals surface area contributed by atoms with E-state index < -0.39 is 0 Å². The van der Waals surface area contributed by atoms with E-state index in [0.29, 0.717) is 12.2 Å². The normalized spacial score (nSPS) is 23.6. The summed E-state index contributed by atoms with van der Waals surface area (Å²) in [5.41, 5.74) is 0.714. The Bertz CT molecular complexity index is 434. The largest absolute Gasteiger partial charge is 0.505 e. The molecule has 92 valence electrons. The molecule has 1 aliphatic rings. The molecule has 2 heterocycles. The smallest absolute Gasteiger partial charge is 0.274 e. The fourth-order valence-electron chi connectivity index (χ4n) is 1.89. The van der Waals surface area contributed by atoms with Gasteiger partial charge in [-0.25, -0.2) is 4.98 Å². The van der Waals surface area contributed by atoms with Gasteiger partial charge in [-0.2, -0.15) is 0 Å². The van der Waals surface area contributed by atoms with E-state index in [1.54, 1.807) is 13.0 Å². The number of hydrogen-bond donors (Lipinski definition) is 2. The standard InChI is InChI=1S/C12H16N2O3/c1-7-3-4-13-10(11(7)15)12(16)14-9-5-8(2)17-6-9/h3-4,8-9,15H,5-6H2,1-2H3,(H,14,16). The van der Waals surface area contributed by atoms with Crippen molar-refractivity contribution in [2.75, 3.05) is 6.61 Å². The van der Waals surface area contributed by atoms with Gasteiger partial charge in [0.1, 0.15) is 5.75 Å². The summed E-state index contributed by atoms with van der Waals surface area (Å²) in [6.07, 6.45) is 2.47. The van der Waals surface area contributed by atoms with Crippen LogP contribution < -0.4 is 5.32 Å². The van der Waals surface area contributed by atoms with Crippen LogP contribution in [-0.2, 0) is 4.74 Å². The van der Waals surface area contributed by atoms with Crippen LogP contribution in [0.15, 0.2) is 12.3 Å². The summed E-state index contributed by atoms with van der Waals surface area (Å²) in [7, 11) is 0. The molecule has 17 heavy (non-hydrogen) atoms. The van der Waals surface area contributed by atoms with Crippen molar-refractivity contribution in [1.29, 1.82) is 0 Å². The Morgan fingerprint density at radius 2 is 2.41 bits per heavy atom. The van der Waals surface area contributed by atoms with Gasteiger partial charge in [-0.1, -0.05) is 0 Å². The minimum atomic E-state index is -0.353. The summed E-state index contributed by atoms with van der Waals surface area (Å²) in [6, 6.07) is 1.66. The van der Waals surface area contributed by atoms with Crippen LogP contribution in [0.2, 0.25) is 0 Å². The fourth-order valence-corrected chi connectivity index (χ4v) is 1.89. The van der Waals surface area contributed by atoms with Crippen molar-refractivity contribution in [1.82, 2.24) is 10.3 Å². The highest BCUT2D eigenvalue weighted by Gasteiger charge is 2.25. The Balaban J connectivity index is 2.07. The quantitative estimate of drug-likeness (QED) is 0.803. The van der Waals surface area contributed by atoms with Crippen molar-refractivity contribution < 1.29 is 14.6 Å².